The number of alkyl halides is 3. The van der Waals surface area contributed by atoms with Crippen LogP contribution in [0.25, 0.3) is 5.69 Å². The molecule has 0 fully saturated rings. The molecule has 0 radical (unpaired) electrons. The highest BCUT2D eigenvalue weighted by atomic mass is 19.4. The van der Waals surface area contributed by atoms with Crippen molar-refractivity contribution in [3.05, 3.63) is 76.6 Å². The van der Waals surface area contributed by atoms with Crippen LogP contribution in [-0.4, -0.2) is 45.1 Å². The number of carbonyl (C=O) groups excluding carboxylic acids is 1. The fourth-order valence-electron chi connectivity index (χ4n) is 3.85. The van der Waals surface area contributed by atoms with E-state index in [1.165, 1.54) is 10.2 Å². The van der Waals surface area contributed by atoms with Crippen molar-refractivity contribution >= 4 is 5.91 Å². The van der Waals surface area contributed by atoms with Gasteiger partial charge in [-0.25, -0.2) is 4.68 Å². The number of aromatic nitrogens is 3. The molecule has 0 spiro atoms. The van der Waals surface area contributed by atoms with E-state index < -0.39 is 18.6 Å². The number of nitrogens with zero attached hydrogens (tertiary/aromatic N) is 4. The fourth-order valence-corrected chi connectivity index (χ4v) is 3.85. The molecule has 0 unspecified atom stereocenters. The first-order valence-electron chi connectivity index (χ1n) is 9.96. The molecule has 2 aromatic carbocycles. The summed E-state index contributed by atoms with van der Waals surface area (Å²) in [5.74, 6) is -0.889. The van der Waals surface area contributed by atoms with Crippen LogP contribution in [0.5, 0.6) is 0 Å². The van der Waals surface area contributed by atoms with Crippen LogP contribution in [-0.2, 0) is 19.5 Å². The van der Waals surface area contributed by atoms with E-state index in [1.807, 2.05) is 35.6 Å². The number of hydrogen-bond acceptors (Lipinski definition) is 4. The van der Waals surface area contributed by atoms with E-state index in [4.69, 9.17) is 0 Å². The van der Waals surface area contributed by atoms with Crippen molar-refractivity contribution in [3.63, 3.8) is 0 Å². The van der Waals surface area contributed by atoms with E-state index in [-0.39, 0.29) is 5.69 Å². The van der Waals surface area contributed by atoms with E-state index in [0.717, 1.165) is 42.9 Å². The Labute approximate surface area is 177 Å². The van der Waals surface area contributed by atoms with Crippen LogP contribution < -0.4 is 5.32 Å². The topological polar surface area (TPSA) is 63.1 Å². The Morgan fingerprint density at radius 2 is 1.90 bits per heavy atom. The summed E-state index contributed by atoms with van der Waals surface area (Å²) in [6.45, 7) is 2.73. The SMILES string of the molecule is Cc1c(C(=O)NCC(F)(F)F)nnn1-c1cccc2c1CCN(Cc1ccccc1)C2. The van der Waals surface area contributed by atoms with Gasteiger partial charge >= 0.3 is 6.18 Å². The van der Waals surface area contributed by atoms with E-state index in [0.29, 0.717) is 5.69 Å². The molecule has 0 bridgehead atoms. The molecule has 1 aliphatic heterocycles. The number of carbonyl (C=O) groups is 1. The first-order valence-corrected chi connectivity index (χ1v) is 9.96. The van der Waals surface area contributed by atoms with Gasteiger partial charge < -0.3 is 5.32 Å². The molecule has 9 heteroatoms. The molecule has 1 N–H and O–H groups in total. The van der Waals surface area contributed by atoms with Gasteiger partial charge in [0.25, 0.3) is 5.91 Å². The van der Waals surface area contributed by atoms with Crippen LogP contribution in [0.15, 0.2) is 48.5 Å². The molecular formula is C22H22F3N5O. The number of benzene rings is 2. The van der Waals surface area contributed by atoms with Crippen molar-refractivity contribution < 1.29 is 18.0 Å². The molecule has 0 aliphatic carbocycles. The van der Waals surface area contributed by atoms with Gasteiger partial charge in [-0.05, 0) is 36.1 Å². The highest BCUT2D eigenvalue weighted by Gasteiger charge is 2.29. The summed E-state index contributed by atoms with van der Waals surface area (Å²) < 4.78 is 38.7. The van der Waals surface area contributed by atoms with Gasteiger partial charge in [0.1, 0.15) is 6.54 Å². The standard InChI is InChI=1S/C22H22F3N5O/c1-15-20(21(31)26-14-22(23,24)25)27-28-30(15)19-9-5-8-17-13-29(11-10-18(17)19)12-16-6-3-2-4-7-16/h2-9H,10-14H2,1H3,(H,26,31). The van der Waals surface area contributed by atoms with Crippen LogP contribution in [0.3, 0.4) is 0 Å². The molecule has 6 nitrogen and oxygen atoms in total. The summed E-state index contributed by atoms with van der Waals surface area (Å²) in [6.07, 6.45) is -3.68. The van der Waals surface area contributed by atoms with E-state index >= 15 is 0 Å². The minimum absolute atomic E-state index is 0.108. The molecule has 4 rings (SSSR count). The summed E-state index contributed by atoms with van der Waals surface area (Å²) in [4.78, 5) is 14.5. The lowest BCUT2D eigenvalue weighted by Gasteiger charge is -2.30. The molecule has 0 atom stereocenters. The summed E-state index contributed by atoms with van der Waals surface area (Å²) in [5, 5.41) is 9.74. The molecule has 1 aromatic heterocycles. The van der Waals surface area contributed by atoms with E-state index in [9.17, 15) is 18.0 Å². The third-order valence-electron chi connectivity index (χ3n) is 5.36. The number of halogens is 3. The van der Waals surface area contributed by atoms with Crippen LogP contribution in [0.2, 0.25) is 0 Å². The lowest BCUT2D eigenvalue weighted by molar-refractivity contribution is -0.123. The second-order valence-corrected chi connectivity index (χ2v) is 7.59. The average Bonchev–Trinajstić information content (AvgIpc) is 3.13. The maximum atomic E-state index is 12.4. The zero-order valence-corrected chi connectivity index (χ0v) is 17.0. The molecule has 162 valence electrons. The zero-order valence-electron chi connectivity index (χ0n) is 17.0. The molecule has 3 aromatic rings. The van der Waals surface area contributed by atoms with Crippen LogP contribution in [0.4, 0.5) is 13.2 Å². The van der Waals surface area contributed by atoms with Crippen molar-refractivity contribution in [1.29, 1.82) is 0 Å². The Hall–Kier alpha value is -3.20. The van der Waals surface area contributed by atoms with Crippen LogP contribution in [0, 0.1) is 6.92 Å². The van der Waals surface area contributed by atoms with Crippen LogP contribution in [0.1, 0.15) is 32.9 Å². The van der Waals surface area contributed by atoms with Gasteiger partial charge in [0.15, 0.2) is 5.69 Å². The van der Waals surface area contributed by atoms with Crippen molar-refractivity contribution in [2.24, 2.45) is 0 Å². The largest absolute Gasteiger partial charge is 0.405 e. The van der Waals surface area contributed by atoms with Gasteiger partial charge in [0.05, 0.1) is 11.4 Å². The predicted octanol–water partition coefficient (Wildman–Crippen LogP) is 3.43. The summed E-state index contributed by atoms with van der Waals surface area (Å²) in [5.41, 5.74) is 4.63. The maximum absolute atomic E-state index is 12.4. The molecule has 2 heterocycles. The minimum Gasteiger partial charge on any atom is -0.341 e. The van der Waals surface area contributed by atoms with Gasteiger partial charge in [-0.1, -0.05) is 47.7 Å². The summed E-state index contributed by atoms with van der Waals surface area (Å²) in [7, 11) is 0. The van der Waals surface area contributed by atoms with Gasteiger partial charge in [-0.15, -0.1) is 5.10 Å². The summed E-state index contributed by atoms with van der Waals surface area (Å²) in [6, 6.07) is 16.2. The number of hydrogen-bond donors (Lipinski definition) is 1. The van der Waals surface area contributed by atoms with Crippen LogP contribution >= 0.6 is 0 Å². The van der Waals surface area contributed by atoms with Crippen molar-refractivity contribution in [3.8, 4) is 5.69 Å². The molecule has 31 heavy (non-hydrogen) atoms. The Balaban J connectivity index is 1.54. The molecule has 1 amide bonds. The Kier molecular flexibility index (Phi) is 5.77. The average molecular weight is 429 g/mol. The number of fused-ring (bicyclic) bond motifs is 1. The first-order chi connectivity index (χ1) is 14.8. The number of amides is 1. The Bertz CT molecular complexity index is 1080. The lowest BCUT2D eigenvalue weighted by Crippen LogP contribution is -2.34. The molecule has 0 saturated heterocycles. The lowest BCUT2D eigenvalue weighted by atomic mass is 9.97. The van der Waals surface area contributed by atoms with Gasteiger partial charge in [-0.3, -0.25) is 9.69 Å². The normalized spacial score (nSPS) is 14.3. The highest BCUT2D eigenvalue weighted by Crippen LogP contribution is 2.27. The zero-order chi connectivity index (χ0) is 22.0. The van der Waals surface area contributed by atoms with Crippen molar-refractivity contribution in [2.45, 2.75) is 32.6 Å². The second kappa shape index (κ2) is 8.50. The van der Waals surface area contributed by atoms with Crippen molar-refractivity contribution in [2.75, 3.05) is 13.1 Å². The monoisotopic (exact) mass is 429 g/mol. The second-order valence-electron chi connectivity index (χ2n) is 7.59. The Morgan fingerprint density at radius 3 is 2.65 bits per heavy atom. The third-order valence-corrected chi connectivity index (χ3v) is 5.36. The minimum atomic E-state index is -4.48. The first kappa shape index (κ1) is 21.0. The van der Waals surface area contributed by atoms with Crippen molar-refractivity contribution in [1.82, 2.24) is 25.2 Å². The number of rotatable bonds is 5. The Morgan fingerprint density at radius 1 is 1.13 bits per heavy atom. The van der Waals surface area contributed by atoms with E-state index in [1.54, 1.807) is 6.92 Å². The quantitative estimate of drug-likeness (QED) is 0.675. The van der Waals surface area contributed by atoms with E-state index in [2.05, 4.69) is 33.4 Å². The molecular weight excluding hydrogens is 407 g/mol. The maximum Gasteiger partial charge on any atom is 0.405 e. The third kappa shape index (κ3) is 4.77. The molecule has 0 saturated carbocycles. The predicted molar refractivity (Wildman–Crippen MR) is 109 cm³/mol. The number of nitrogens with one attached hydrogen (secondary N) is 1. The van der Waals surface area contributed by atoms with Gasteiger partial charge in [-0.2, -0.15) is 13.2 Å². The fraction of sp³-hybridized carbons (Fsp3) is 0.318. The van der Waals surface area contributed by atoms with Gasteiger partial charge in [0, 0.05) is 19.6 Å². The highest BCUT2D eigenvalue weighted by molar-refractivity contribution is 5.93. The van der Waals surface area contributed by atoms with Gasteiger partial charge in [0.2, 0.25) is 0 Å². The molecule has 1 aliphatic rings. The summed E-state index contributed by atoms with van der Waals surface area (Å²) >= 11 is 0. The smallest absolute Gasteiger partial charge is 0.341 e.